The topological polar surface area (TPSA) is 78.6 Å². The summed E-state index contributed by atoms with van der Waals surface area (Å²) in [5.41, 5.74) is 4.27. The van der Waals surface area contributed by atoms with Gasteiger partial charge in [-0.25, -0.2) is 4.79 Å². The molecule has 1 fully saturated rings. The first kappa shape index (κ1) is 13.3. The summed E-state index contributed by atoms with van der Waals surface area (Å²) in [5.74, 6) is 0. The quantitative estimate of drug-likeness (QED) is 0.725. The van der Waals surface area contributed by atoms with Crippen LogP contribution in [0.2, 0.25) is 0 Å². The minimum absolute atomic E-state index is 0.0394. The van der Waals surface area contributed by atoms with E-state index in [0.717, 1.165) is 18.6 Å². The van der Waals surface area contributed by atoms with Gasteiger partial charge in [0.25, 0.3) is 0 Å². The van der Waals surface area contributed by atoms with Crippen LogP contribution in [0.1, 0.15) is 12.0 Å². The number of carbonyl (C=O) groups is 1. The molecule has 1 aromatic carbocycles. The smallest absolute Gasteiger partial charge is 0.418 e. The zero-order chi connectivity index (χ0) is 14.2. The molecule has 0 unspecified atom stereocenters. The molecule has 1 saturated heterocycles. The molecule has 1 amide bonds. The third kappa shape index (κ3) is 2.67. The van der Waals surface area contributed by atoms with E-state index in [4.69, 9.17) is 10.8 Å². The summed E-state index contributed by atoms with van der Waals surface area (Å²) < 4.78 is 38.8. The molecule has 1 aromatic rings. The third-order valence-corrected chi connectivity index (χ3v) is 2.91. The van der Waals surface area contributed by atoms with Crippen molar-refractivity contribution in [3.8, 4) is 0 Å². The molecule has 1 aliphatic heterocycles. The largest absolute Gasteiger partial charge is 0.465 e. The van der Waals surface area contributed by atoms with Crippen molar-refractivity contribution in [1.82, 2.24) is 0 Å². The van der Waals surface area contributed by atoms with E-state index in [1.54, 1.807) is 0 Å². The van der Waals surface area contributed by atoms with E-state index in [2.05, 4.69) is 0 Å². The number of anilines is 3. The highest BCUT2D eigenvalue weighted by Crippen LogP contribution is 2.41. The number of rotatable bonds is 2. The second kappa shape index (κ2) is 4.52. The number of nitrogens with two attached hydrogens (primary N) is 1. The van der Waals surface area contributed by atoms with Gasteiger partial charge in [-0.3, -0.25) is 5.32 Å². The van der Waals surface area contributed by atoms with E-state index in [9.17, 15) is 18.0 Å². The van der Waals surface area contributed by atoms with Gasteiger partial charge in [-0.2, -0.15) is 13.2 Å². The number of nitrogens with one attached hydrogen (secondary N) is 1. The van der Waals surface area contributed by atoms with Gasteiger partial charge in [0.2, 0.25) is 0 Å². The Hall–Kier alpha value is -2.12. The molecular weight excluding hydrogens is 263 g/mol. The zero-order valence-corrected chi connectivity index (χ0v) is 9.79. The molecule has 0 radical (unpaired) electrons. The summed E-state index contributed by atoms with van der Waals surface area (Å²) in [6.45, 7) is 1.03. The minimum atomic E-state index is -4.53. The molecule has 19 heavy (non-hydrogen) atoms. The molecular formula is C11H12F3N3O2. The zero-order valence-electron chi connectivity index (χ0n) is 9.79. The lowest BCUT2D eigenvalue weighted by Gasteiger charge is -2.35. The van der Waals surface area contributed by atoms with Crippen LogP contribution in [0.5, 0.6) is 0 Å². The van der Waals surface area contributed by atoms with Crippen LogP contribution in [0.4, 0.5) is 35.0 Å². The number of carboxylic acid groups (broad SMARTS) is 1. The van der Waals surface area contributed by atoms with Crippen LogP contribution in [0.15, 0.2) is 12.1 Å². The molecule has 2 rings (SSSR count). The number of hydrogen-bond acceptors (Lipinski definition) is 3. The third-order valence-electron chi connectivity index (χ3n) is 2.91. The maximum atomic E-state index is 12.9. The van der Waals surface area contributed by atoms with E-state index < -0.39 is 17.8 Å². The Morgan fingerprint density at radius 2 is 2.00 bits per heavy atom. The van der Waals surface area contributed by atoms with Crippen molar-refractivity contribution in [2.45, 2.75) is 12.6 Å². The van der Waals surface area contributed by atoms with Gasteiger partial charge in [0.15, 0.2) is 0 Å². The maximum Gasteiger partial charge on any atom is 0.418 e. The Kier molecular flexibility index (Phi) is 3.17. The Balaban J connectivity index is 2.49. The van der Waals surface area contributed by atoms with E-state index in [0.29, 0.717) is 13.1 Å². The van der Waals surface area contributed by atoms with E-state index >= 15 is 0 Å². The summed E-state index contributed by atoms with van der Waals surface area (Å²) in [4.78, 5) is 12.1. The molecule has 0 bridgehead atoms. The second-order valence-corrected chi connectivity index (χ2v) is 4.23. The number of nitrogen functional groups attached to an aromatic ring is 1. The fraction of sp³-hybridized carbons (Fsp3) is 0.364. The standard InChI is InChI=1S/C11H12F3N3O2/c12-11(13,14)6-4-7(15)8(16-10(18)19)5-9(6)17-2-1-3-17/h4-5,16H,1-3,15H2,(H,18,19). The number of alkyl halides is 3. The minimum Gasteiger partial charge on any atom is -0.465 e. The number of nitrogens with zero attached hydrogens (tertiary/aromatic N) is 1. The summed E-state index contributed by atoms with van der Waals surface area (Å²) in [6.07, 6.45) is -5.09. The van der Waals surface area contributed by atoms with Crippen molar-refractivity contribution >= 4 is 23.2 Å². The lowest BCUT2D eigenvalue weighted by molar-refractivity contribution is -0.137. The van der Waals surface area contributed by atoms with Gasteiger partial charge in [-0.15, -0.1) is 0 Å². The molecule has 0 aromatic heterocycles. The molecule has 0 spiro atoms. The number of hydrogen-bond donors (Lipinski definition) is 3. The van der Waals surface area contributed by atoms with Gasteiger partial charge in [0.1, 0.15) is 0 Å². The van der Waals surface area contributed by atoms with Crippen LogP contribution in [0.3, 0.4) is 0 Å². The first-order chi connectivity index (χ1) is 8.79. The van der Waals surface area contributed by atoms with E-state index in [1.807, 2.05) is 5.32 Å². The number of halogens is 3. The SMILES string of the molecule is Nc1cc(C(F)(F)F)c(N2CCC2)cc1NC(=O)O. The predicted octanol–water partition coefficient (Wildman–Crippen LogP) is 2.59. The lowest BCUT2D eigenvalue weighted by Crippen LogP contribution is -2.38. The molecule has 104 valence electrons. The monoisotopic (exact) mass is 275 g/mol. The molecule has 0 aliphatic carbocycles. The van der Waals surface area contributed by atoms with Crippen molar-refractivity contribution in [2.75, 3.05) is 29.0 Å². The predicted molar refractivity (Wildman–Crippen MR) is 64.3 cm³/mol. The fourth-order valence-corrected chi connectivity index (χ4v) is 1.87. The first-order valence-electron chi connectivity index (χ1n) is 5.54. The lowest BCUT2D eigenvalue weighted by atomic mass is 10.1. The van der Waals surface area contributed by atoms with Gasteiger partial charge in [-0.05, 0) is 18.6 Å². The average molecular weight is 275 g/mol. The normalized spacial score (nSPS) is 15.0. The van der Waals surface area contributed by atoms with Crippen molar-refractivity contribution < 1.29 is 23.1 Å². The maximum absolute atomic E-state index is 12.9. The summed E-state index contributed by atoms with van der Waals surface area (Å²) >= 11 is 0. The van der Waals surface area contributed by atoms with Crippen molar-refractivity contribution in [2.24, 2.45) is 0 Å². The Labute approximate surface area is 106 Å². The molecule has 4 N–H and O–H groups in total. The van der Waals surface area contributed by atoms with Crippen LogP contribution < -0.4 is 16.0 Å². The molecule has 0 saturated carbocycles. The van der Waals surface area contributed by atoms with Gasteiger partial charge < -0.3 is 15.7 Å². The highest BCUT2D eigenvalue weighted by Gasteiger charge is 2.36. The van der Waals surface area contributed by atoms with Crippen LogP contribution in [-0.4, -0.2) is 24.3 Å². The van der Waals surface area contributed by atoms with Gasteiger partial charge >= 0.3 is 12.3 Å². The highest BCUT2D eigenvalue weighted by molar-refractivity contribution is 5.89. The molecule has 0 atom stereocenters. The van der Waals surface area contributed by atoms with Crippen LogP contribution in [0.25, 0.3) is 0 Å². The first-order valence-corrected chi connectivity index (χ1v) is 5.54. The second-order valence-electron chi connectivity index (χ2n) is 4.23. The molecule has 5 nitrogen and oxygen atoms in total. The van der Waals surface area contributed by atoms with Crippen molar-refractivity contribution in [3.63, 3.8) is 0 Å². The Bertz CT molecular complexity index is 513. The summed E-state index contributed by atoms with van der Waals surface area (Å²) in [6, 6.07) is 1.89. The van der Waals surface area contributed by atoms with E-state index in [1.165, 1.54) is 4.90 Å². The van der Waals surface area contributed by atoms with Crippen molar-refractivity contribution in [1.29, 1.82) is 0 Å². The van der Waals surface area contributed by atoms with Gasteiger partial charge in [0, 0.05) is 13.1 Å². The summed E-state index contributed by atoms with van der Waals surface area (Å²) in [5, 5.41) is 10.6. The highest BCUT2D eigenvalue weighted by atomic mass is 19.4. The van der Waals surface area contributed by atoms with Crippen LogP contribution in [0, 0.1) is 0 Å². The average Bonchev–Trinajstić information content (AvgIpc) is 2.17. The molecule has 8 heteroatoms. The Morgan fingerprint density at radius 3 is 2.42 bits per heavy atom. The van der Waals surface area contributed by atoms with Crippen LogP contribution in [-0.2, 0) is 6.18 Å². The molecule has 1 aliphatic rings. The van der Waals surface area contributed by atoms with Gasteiger partial charge in [0.05, 0.1) is 22.6 Å². The summed E-state index contributed by atoms with van der Waals surface area (Å²) in [7, 11) is 0. The van der Waals surface area contributed by atoms with Crippen molar-refractivity contribution in [3.05, 3.63) is 17.7 Å². The van der Waals surface area contributed by atoms with Crippen LogP contribution >= 0.6 is 0 Å². The molecule has 1 heterocycles. The number of amides is 1. The van der Waals surface area contributed by atoms with Gasteiger partial charge in [-0.1, -0.05) is 0 Å². The fourth-order valence-electron chi connectivity index (χ4n) is 1.87. The number of benzene rings is 1. The Morgan fingerprint density at radius 1 is 1.37 bits per heavy atom. The van der Waals surface area contributed by atoms with E-state index in [-0.39, 0.29) is 17.1 Å².